The van der Waals surface area contributed by atoms with Crippen molar-refractivity contribution in [2.24, 2.45) is 5.92 Å². The Kier molecular flexibility index (Phi) is 10.0. The summed E-state index contributed by atoms with van der Waals surface area (Å²) in [5.74, 6) is 0.419. The SMILES string of the molecule is CCOC(=O)c1ccc(CC(=O)N[C@H](CC(C)C)c2ccccc2N2CCCCC2)cc1OCC. The molecule has 6 nitrogen and oxygen atoms in total. The van der Waals surface area contributed by atoms with Crippen molar-refractivity contribution in [3.05, 3.63) is 59.2 Å². The Bertz CT molecular complexity index is 982. The number of nitrogens with one attached hydrogen (secondary N) is 1. The lowest BCUT2D eigenvalue weighted by Crippen LogP contribution is -2.34. The van der Waals surface area contributed by atoms with Gasteiger partial charge in [-0.05, 0) is 74.8 Å². The van der Waals surface area contributed by atoms with Crippen LogP contribution in [0.3, 0.4) is 0 Å². The highest BCUT2D eigenvalue weighted by Crippen LogP contribution is 2.32. The smallest absolute Gasteiger partial charge is 0.341 e. The van der Waals surface area contributed by atoms with Gasteiger partial charge in [0.15, 0.2) is 0 Å². The van der Waals surface area contributed by atoms with Crippen molar-refractivity contribution in [2.75, 3.05) is 31.2 Å². The van der Waals surface area contributed by atoms with Crippen LogP contribution in [0.5, 0.6) is 5.75 Å². The van der Waals surface area contributed by atoms with E-state index in [1.54, 1.807) is 25.1 Å². The second-order valence-corrected chi connectivity index (χ2v) is 9.52. The minimum Gasteiger partial charge on any atom is -0.493 e. The molecule has 35 heavy (non-hydrogen) atoms. The monoisotopic (exact) mass is 480 g/mol. The first-order chi connectivity index (χ1) is 16.9. The maximum absolute atomic E-state index is 13.2. The zero-order valence-corrected chi connectivity index (χ0v) is 21.6. The molecule has 1 saturated heterocycles. The van der Waals surface area contributed by atoms with Crippen LogP contribution in [-0.2, 0) is 16.0 Å². The molecule has 1 heterocycles. The highest BCUT2D eigenvalue weighted by atomic mass is 16.5. The summed E-state index contributed by atoms with van der Waals surface area (Å²) in [6, 6.07) is 13.7. The number of anilines is 1. The number of carbonyl (C=O) groups is 2. The van der Waals surface area contributed by atoms with Gasteiger partial charge in [0.25, 0.3) is 0 Å². The van der Waals surface area contributed by atoms with Crippen LogP contribution in [0.2, 0.25) is 0 Å². The third-order valence-electron chi connectivity index (χ3n) is 6.26. The van der Waals surface area contributed by atoms with E-state index >= 15 is 0 Å². The Labute approximate surface area is 210 Å². The number of rotatable bonds is 11. The van der Waals surface area contributed by atoms with E-state index in [0.717, 1.165) is 25.1 Å². The van der Waals surface area contributed by atoms with Crippen LogP contribution in [0.25, 0.3) is 0 Å². The van der Waals surface area contributed by atoms with Gasteiger partial charge in [0, 0.05) is 18.8 Å². The Hall–Kier alpha value is -3.02. The number of esters is 1. The van der Waals surface area contributed by atoms with Crippen LogP contribution < -0.4 is 15.0 Å². The highest BCUT2D eigenvalue weighted by molar-refractivity contribution is 5.93. The molecule has 6 heteroatoms. The Balaban J connectivity index is 1.79. The van der Waals surface area contributed by atoms with E-state index in [1.807, 2.05) is 6.92 Å². The second-order valence-electron chi connectivity index (χ2n) is 9.52. The number of hydrogen-bond donors (Lipinski definition) is 1. The fraction of sp³-hybridized carbons (Fsp3) is 0.517. The molecule has 2 aromatic carbocycles. The standard InChI is InChI=1S/C29H40N2O4/c1-5-34-27-19-22(14-15-24(27)29(33)35-6-2)20-28(32)30-25(18-21(3)4)23-12-8-9-13-26(23)31-16-10-7-11-17-31/h8-9,12-15,19,21,25H,5-7,10-11,16-18,20H2,1-4H3,(H,30,32)/t25-/m1/s1. The summed E-state index contributed by atoms with van der Waals surface area (Å²) >= 11 is 0. The topological polar surface area (TPSA) is 67.9 Å². The Morgan fingerprint density at radius 1 is 1.00 bits per heavy atom. The van der Waals surface area contributed by atoms with Crippen molar-refractivity contribution in [1.82, 2.24) is 5.32 Å². The normalized spacial score (nSPS) is 14.5. The first-order valence-electron chi connectivity index (χ1n) is 13.0. The molecule has 3 rings (SSSR count). The number of para-hydroxylation sites is 1. The molecule has 0 bridgehead atoms. The Morgan fingerprint density at radius 2 is 1.74 bits per heavy atom. The highest BCUT2D eigenvalue weighted by Gasteiger charge is 2.23. The average Bonchev–Trinajstić information content (AvgIpc) is 2.84. The summed E-state index contributed by atoms with van der Waals surface area (Å²) in [5, 5.41) is 3.30. The van der Waals surface area contributed by atoms with Gasteiger partial charge in [0.2, 0.25) is 5.91 Å². The van der Waals surface area contributed by atoms with Crippen molar-refractivity contribution in [3.8, 4) is 5.75 Å². The van der Waals surface area contributed by atoms with Crippen LogP contribution in [0, 0.1) is 5.92 Å². The zero-order valence-electron chi connectivity index (χ0n) is 21.6. The van der Waals surface area contributed by atoms with E-state index in [4.69, 9.17) is 9.47 Å². The van der Waals surface area contributed by atoms with Crippen molar-refractivity contribution in [1.29, 1.82) is 0 Å². The minimum absolute atomic E-state index is 0.0459. The summed E-state index contributed by atoms with van der Waals surface area (Å²) in [5.41, 5.74) is 3.59. The van der Waals surface area contributed by atoms with Crippen LogP contribution in [-0.4, -0.2) is 38.2 Å². The fourth-order valence-corrected chi connectivity index (χ4v) is 4.70. The number of benzene rings is 2. The predicted molar refractivity (Wildman–Crippen MR) is 140 cm³/mol. The molecule has 1 N–H and O–H groups in total. The van der Waals surface area contributed by atoms with Gasteiger partial charge in [-0.1, -0.05) is 38.1 Å². The molecule has 0 aromatic heterocycles. The van der Waals surface area contributed by atoms with Crippen molar-refractivity contribution < 1.29 is 19.1 Å². The van der Waals surface area contributed by atoms with E-state index in [1.165, 1.54) is 30.5 Å². The predicted octanol–water partition coefficient (Wildman–Crippen LogP) is 5.70. The van der Waals surface area contributed by atoms with Gasteiger partial charge in [0.1, 0.15) is 11.3 Å². The van der Waals surface area contributed by atoms with E-state index in [2.05, 4.69) is 48.3 Å². The number of amides is 1. The van der Waals surface area contributed by atoms with Crippen LogP contribution in [0.1, 0.15) is 80.9 Å². The minimum atomic E-state index is -0.418. The van der Waals surface area contributed by atoms with Crippen molar-refractivity contribution >= 4 is 17.6 Å². The van der Waals surface area contributed by atoms with E-state index in [9.17, 15) is 9.59 Å². The van der Waals surface area contributed by atoms with Crippen LogP contribution in [0.15, 0.2) is 42.5 Å². The van der Waals surface area contributed by atoms with Gasteiger partial charge in [-0.3, -0.25) is 4.79 Å². The molecule has 0 aliphatic carbocycles. The maximum Gasteiger partial charge on any atom is 0.341 e. The molecule has 1 amide bonds. The molecule has 0 radical (unpaired) electrons. The third-order valence-corrected chi connectivity index (χ3v) is 6.26. The number of piperidine rings is 1. The largest absolute Gasteiger partial charge is 0.493 e. The first-order valence-corrected chi connectivity index (χ1v) is 13.0. The van der Waals surface area contributed by atoms with Gasteiger partial charge in [-0.15, -0.1) is 0 Å². The number of nitrogens with zero attached hydrogens (tertiary/aromatic N) is 1. The molecule has 1 fully saturated rings. The molecule has 2 aromatic rings. The second kappa shape index (κ2) is 13.2. The molecule has 1 aliphatic heterocycles. The van der Waals surface area contributed by atoms with Crippen molar-refractivity contribution in [2.45, 2.75) is 65.8 Å². The van der Waals surface area contributed by atoms with Crippen LogP contribution in [0.4, 0.5) is 5.69 Å². The van der Waals surface area contributed by atoms with E-state index in [0.29, 0.717) is 30.4 Å². The quantitative estimate of drug-likeness (QED) is 0.418. The van der Waals surface area contributed by atoms with Gasteiger partial charge < -0.3 is 19.7 Å². The van der Waals surface area contributed by atoms with Crippen molar-refractivity contribution in [3.63, 3.8) is 0 Å². The summed E-state index contributed by atoms with van der Waals surface area (Å²) < 4.78 is 10.8. The van der Waals surface area contributed by atoms with Gasteiger partial charge >= 0.3 is 5.97 Å². The van der Waals surface area contributed by atoms with E-state index in [-0.39, 0.29) is 18.4 Å². The van der Waals surface area contributed by atoms with E-state index < -0.39 is 5.97 Å². The molecular weight excluding hydrogens is 440 g/mol. The molecular formula is C29H40N2O4. The maximum atomic E-state index is 13.2. The molecule has 0 unspecified atom stereocenters. The molecule has 1 aliphatic rings. The van der Waals surface area contributed by atoms with Gasteiger partial charge in [0.05, 0.1) is 25.7 Å². The summed E-state index contributed by atoms with van der Waals surface area (Å²) in [4.78, 5) is 27.9. The number of hydrogen-bond acceptors (Lipinski definition) is 5. The molecule has 0 spiro atoms. The van der Waals surface area contributed by atoms with Gasteiger partial charge in [-0.2, -0.15) is 0 Å². The van der Waals surface area contributed by atoms with Crippen LogP contribution >= 0.6 is 0 Å². The summed E-state index contributed by atoms with van der Waals surface area (Å²) in [6.45, 7) is 10.9. The lowest BCUT2D eigenvalue weighted by Gasteiger charge is -2.33. The first kappa shape index (κ1) is 26.6. The lowest BCUT2D eigenvalue weighted by atomic mass is 9.94. The lowest BCUT2D eigenvalue weighted by molar-refractivity contribution is -0.121. The average molecular weight is 481 g/mol. The third kappa shape index (κ3) is 7.48. The zero-order chi connectivity index (χ0) is 25.2. The summed E-state index contributed by atoms with van der Waals surface area (Å²) in [7, 11) is 0. The number of ether oxygens (including phenoxy) is 2. The molecule has 1 atom stereocenters. The summed E-state index contributed by atoms with van der Waals surface area (Å²) in [6.07, 6.45) is 4.77. The Morgan fingerprint density at radius 3 is 2.43 bits per heavy atom. The molecule has 190 valence electrons. The molecule has 0 saturated carbocycles. The fourth-order valence-electron chi connectivity index (χ4n) is 4.70. The number of carbonyl (C=O) groups excluding carboxylic acids is 2. The van der Waals surface area contributed by atoms with Gasteiger partial charge in [-0.25, -0.2) is 4.79 Å².